The minimum absolute atomic E-state index is 0.211. The second kappa shape index (κ2) is 7.98. The summed E-state index contributed by atoms with van der Waals surface area (Å²) in [7, 11) is 0. The Morgan fingerprint density at radius 1 is 1.13 bits per heavy atom. The van der Waals surface area contributed by atoms with Gasteiger partial charge in [0, 0.05) is 22.7 Å². The van der Waals surface area contributed by atoms with Crippen LogP contribution in [0.4, 0.5) is 4.39 Å². The van der Waals surface area contributed by atoms with E-state index >= 15 is 0 Å². The Morgan fingerprint density at radius 3 is 2.37 bits per heavy atom. The molecule has 156 valence electrons. The number of hydrogen-bond acceptors (Lipinski definition) is 4. The van der Waals surface area contributed by atoms with Crippen molar-refractivity contribution < 1.29 is 29.0 Å². The van der Waals surface area contributed by atoms with Gasteiger partial charge in [-0.2, -0.15) is 0 Å². The number of carboxylic acid groups (broad SMARTS) is 1. The van der Waals surface area contributed by atoms with Crippen LogP contribution < -0.4 is 5.32 Å². The highest BCUT2D eigenvalue weighted by Crippen LogP contribution is 2.32. The molecule has 1 atom stereocenters. The fourth-order valence-corrected chi connectivity index (χ4v) is 3.31. The summed E-state index contributed by atoms with van der Waals surface area (Å²) in [6.07, 6.45) is -0.237. The van der Waals surface area contributed by atoms with Crippen molar-refractivity contribution in [3.05, 3.63) is 64.6 Å². The molecule has 0 saturated carbocycles. The highest BCUT2D eigenvalue weighted by molar-refractivity contribution is 6.05. The van der Waals surface area contributed by atoms with Crippen molar-refractivity contribution in [3.8, 4) is 5.75 Å². The zero-order valence-electron chi connectivity index (χ0n) is 16.7. The van der Waals surface area contributed by atoms with Gasteiger partial charge in [0.15, 0.2) is 11.6 Å². The topological polar surface area (TPSA) is 109 Å². The maximum atomic E-state index is 14.1. The van der Waals surface area contributed by atoms with Gasteiger partial charge in [-0.05, 0) is 44.5 Å². The molecule has 1 unspecified atom stereocenters. The largest absolute Gasteiger partial charge is 0.505 e. The van der Waals surface area contributed by atoms with Crippen LogP contribution in [0.3, 0.4) is 0 Å². The number of phenols is 1. The van der Waals surface area contributed by atoms with Gasteiger partial charge in [-0.3, -0.25) is 19.0 Å². The lowest BCUT2D eigenvalue weighted by Crippen LogP contribution is -2.39. The summed E-state index contributed by atoms with van der Waals surface area (Å²) < 4.78 is 15.4. The van der Waals surface area contributed by atoms with Crippen LogP contribution in [0.2, 0.25) is 0 Å². The lowest BCUT2D eigenvalue weighted by molar-refractivity contribution is -0.141. The SMILES string of the molecule is Cc1ccc(C(=O)n2c(C)c(CC(=O)NC(C)C(=O)O)c3cc(O)c(F)cc32)cc1. The molecule has 0 fully saturated rings. The van der Waals surface area contributed by atoms with Crippen LogP contribution in [0, 0.1) is 19.7 Å². The minimum atomic E-state index is -1.18. The average Bonchev–Trinajstić information content (AvgIpc) is 2.93. The average molecular weight is 412 g/mol. The minimum Gasteiger partial charge on any atom is -0.505 e. The van der Waals surface area contributed by atoms with Crippen LogP contribution >= 0.6 is 0 Å². The van der Waals surface area contributed by atoms with Gasteiger partial charge in [-0.15, -0.1) is 0 Å². The summed E-state index contributed by atoms with van der Waals surface area (Å²) in [5, 5.41) is 21.5. The third-order valence-electron chi connectivity index (χ3n) is 4.99. The Kier molecular flexibility index (Phi) is 5.60. The van der Waals surface area contributed by atoms with E-state index in [1.807, 2.05) is 6.92 Å². The maximum Gasteiger partial charge on any atom is 0.325 e. The third kappa shape index (κ3) is 3.89. The van der Waals surface area contributed by atoms with E-state index in [2.05, 4.69) is 5.32 Å². The fourth-order valence-electron chi connectivity index (χ4n) is 3.31. The Hall–Kier alpha value is -3.68. The predicted molar refractivity (Wildman–Crippen MR) is 108 cm³/mol. The second-order valence-corrected chi connectivity index (χ2v) is 7.20. The Morgan fingerprint density at radius 2 is 1.77 bits per heavy atom. The van der Waals surface area contributed by atoms with Gasteiger partial charge in [0.05, 0.1) is 11.9 Å². The summed E-state index contributed by atoms with van der Waals surface area (Å²) in [6, 6.07) is 7.99. The molecule has 1 aromatic heterocycles. The molecule has 8 heteroatoms. The molecule has 3 aromatic rings. The number of nitrogens with one attached hydrogen (secondary N) is 1. The number of benzene rings is 2. The van der Waals surface area contributed by atoms with Gasteiger partial charge in [0.2, 0.25) is 5.91 Å². The molecule has 0 aliphatic heterocycles. The van der Waals surface area contributed by atoms with E-state index in [0.29, 0.717) is 22.2 Å². The zero-order valence-corrected chi connectivity index (χ0v) is 16.7. The zero-order chi connectivity index (χ0) is 22.2. The molecule has 2 aromatic carbocycles. The van der Waals surface area contributed by atoms with Gasteiger partial charge in [0.1, 0.15) is 6.04 Å². The quantitative estimate of drug-likeness (QED) is 0.597. The number of aryl methyl sites for hydroxylation is 1. The number of nitrogens with zero attached hydrogens (tertiary/aromatic N) is 1. The first-order chi connectivity index (χ1) is 14.1. The number of carbonyl (C=O) groups excluding carboxylic acids is 2. The highest BCUT2D eigenvalue weighted by atomic mass is 19.1. The molecule has 0 aliphatic rings. The molecule has 7 nitrogen and oxygen atoms in total. The van der Waals surface area contributed by atoms with Gasteiger partial charge in [-0.1, -0.05) is 17.7 Å². The van der Waals surface area contributed by atoms with Crippen molar-refractivity contribution in [2.45, 2.75) is 33.2 Å². The molecule has 3 rings (SSSR count). The number of aromatic hydroxyl groups is 1. The molecule has 3 N–H and O–H groups in total. The van der Waals surface area contributed by atoms with Crippen LogP contribution in [-0.2, 0) is 16.0 Å². The molecular formula is C22H21FN2O5. The number of fused-ring (bicyclic) bond motifs is 1. The first-order valence-electron chi connectivity index (χ1n) is 9.26. The van der Waals surface area contributed by atoms with Gasteiger partial charge in [-0.25, -0.2) is 4.39 Å². The number of hydrogen-bond donors (Lipinski definition) is 3. The number of aromatic nitrogens is 1. The number of rotatable bonds is 5. The fraction of sp³-hybridized carbons (Fsp3) is 0.227. The van der Waals surface area contributed by atoms with Crippen LogP contribution in [0.25, 0.3) is 10.9 Å². The van der Waals surface area contributed by atoms with Crippen LogP contribution in [0.1, 0.15) is 34.1 Å². The normalized spacial score (nSPS) is 12.0. The lowest BCUT2D eigenvalue weighted by Gasteiger charge is -2.10. The van der Waals surface area contributed by atoms with E-state index in [1.165, 1.54) is 17.6 Å². The number of carbonyl (C=O) groups is 3. The second-order valence-electron chi connectivity index (χ2n) is 7.20. The van der Waals surface area contributed by atoms with E-state index in [0.717, 1.165) is 11.6 Å². The Balaban J connectivity index is 2.12. The van der Waals surface area contributed by atoms with Crippen molar-refractivity contribution in [3.63, 3.8) is 0 Å². The van der Waals surface area contributed by atoms with Crippen molar-refractivity contribution in [1.29, 1.82) is 0 Å². The molecule has 30 heavy (non-hydrogen) atoms. The predicted octanol–water partition coefficient (Wildman–Crippen LogP) is 2.92. The van der Waals surface area contributed by atoms with Crippen molar-refractivity contribution >= 4 is 28.7 Å². The van der Waals surface area contributed by atoms with Gasteiger partial charge in [0.25, 0.3) is 5.91 Å². The van der Waals surface area contributed by atoms with E-state index in [9.17, 15) is 23.9 Å². The summed E-state index contributed by atoms with van der Waals surface area (Å²) in [5.41, 5.74) is 2.36. The highest BCUT2D eigenvalue weighted by Gasteiger charge is 2.24. The van der Waals surface area contributed by atoms with Gasteiger partial charge < -0.3 is 15.5 Å². The summed E-state index contributed by atoms with van der Waals surface area (Å²) in [4.78, 5) is 36.5. The molecule has 1 heterocycles. The molecule has 0 bridgehead atoms. The van der Waals surface area contributed by atoms with E-state index in [1.54, 1.807) is 31.2 Å². The number of carboxylic acids is 1. The molecule has 0 aliphatic carbocycles. The maximum absolute atomic E-state index is 14.1. The molecule has 0 spiro atoms. The monoisotopic (exact) mass is 412 g/mol. The summed E-state index contributed by atoms with van der Waals surface area (Å²) in [5.74, 6) is -3.67. The third-order valence-corrected chi connectivity index (χ3v) is 4.99. The molecule has 0 radical (unpaired) electrons. The first kappa shape index (κ1) is 21.0. The molecular weight excluding hydrogens is 391 g/mol. The molecule has 0 saturated heterocycles. The van der Waals surface area contributed by atoms with Crippen molar-refractivity contribution in [2.75, 3.05) is 0 Å². The first-order valence-corrected chi connectivity index (χ1v) is 9.26. The van der Waals surface area contributed by atoms with Crippen LogP contribution in [0.5, 0.6) is 5.75 Å². The smallest absolute Gasteiger partial charge is 0.325 e. The lowest BCUT2D eigenvalue weighted by atomic mass is 10.1. The number of halogens is 1. The number of phenolic OH excluding ortho intramolecular Hbond substituents is 1. The summed E-state index contributed by atoms with van der Waals surface area (Å²) >= 11 is 0. The Bertz CT molecular complexity index is 1160. The standard InChI is InChI=1S/C22H21FN2O5/c1-11-4-6-14(7-5-11)21(28)25-13(3)15(9-20(27)24-12(2)22(29)30)16-8-19(26)17(23)10-18(16)25/h4-8,10,12,26H,9H2,1-3H3,(H,24,27)(H,29,30). The van der Waals surface area contributed by atoms with Crippen molar-refractivity contribution in [2.24, 2.45) is 0 Å². The Labute approximate surface area is 171 Å². The summed E-state index contributed by atoms with van der Waals surface area (Å²) in [6.45, 7) is 4.83. The van der Waals surface area contributed by atoms with Gasteiger partial charge >= 0.3 is 5.97 Å². The van der Waals surface area contributed by atoms with Crippen LogP contribution in [-0.4, -0.2) is 38.6 Å². The van der Waals surface area contributed by atoms with E-state index in [-0.39, 0.29) is 11.9 Å². The number of amides is 1. The van der Waals surface area contributed by atoms with Crippen LogP contribution in [0.15, 0.2) is 36.4 Å². The van der Waals surface area contributed by atoms with E-state index in [4.69, 9.17) is 5.11 Å². The number of aliphatic carboxylic acids is 1. The van der Waals surface area contributed by atoms with Crippen molar-refractivity contribution in [1.82, 2.24) is 9.88 Å². The van der Waals surface area contributed by atoms with E-state index < -0.39 is 35.4 Å². The molecule has 1 amide bonds.